The average Bonchev–Trinajstić information content (AvgIpc) is 2.63. The Bertz CT molecular complexity index is 1640. The number of quaternary nitrogens is 1. The van der Waals surface area contributed by atoms with E-state index in [0.29, 0.717) is 17.4 Å². The number of aliphatic hydroxyl groups is 1. The Morgan fingerprint density at radius 2 is 0.609 bits per heavy atom. The van der Waals surface area contributed by atoms with Gasteiger partial charge in [-0.2, -0.15) is 0 Å². The summed E-state index contributed by atoms with van der Waals surface area (Å²) in [6.07, 6.45) is 102. The van der Waals surface area contributed by atoms with Crippen molar-refractivity contribution in [2.45, 2.75) is 437 Å². The van der Waals surface area contributed by atoms with E-state index in [2.05, 4.69) is 55.6 Å². The number of hydrogen-bond donors (Lipinski definition) is 2. The van der Waals surface area contributed by atoms with Crippen molar-refractivity contribution in [2.24, 2.45) is 0 Å². The number of allylic oxidation sites excluding steroid dienone is 7. The van der Waals surface area contributed by atoms with Gasteiger partial charge in [0.1, 0.15) is 13.2 Å². The minimum Gasteiger partial charge on any atom is -0.756 e. The molecule has 0 saturated carbocycles. The number of unbranched alkanes of at least 4 members (excludes halogenated alkanes) is 58. The Morgan fingerprint density at radius 1 is 0.370 bits per heavy atom. The van der Waals surface area contributed by atoms with E-state index in [1.807, 2.05) is 27.2 Å². The Hall–Kier alpha value is -1.54. The van der Waals surface area contributed by atoms with Crippen molar-refractivity contribution in [3.8, 4) is 0 Å². The smallest absolute Gasteiger partial charge is 0.268 e. The summed E-state index contributed by atoms with van der Waals surface area (Å²) >= 11 is 0. The molecule has 0 fully saturated rings. The van der Waals surface area contributed by atoms with E-state index in [1.165, 1.54) is 360 Å². The molecular formula is C83H161N2O6P. The molecule has 0 aromatic heterocycles. The number of nitrogens with one attached hydrogen (secondary N) is 1. The first-order valence-electron chi connectivity index (χ1n) is 41.0. The third-order valence-corrected chi connectivity index (χ3v) is 20.0. The van der Waals surface area contributed by atoms with Crippen LogP contribution in [-0.4, -0.2) is 68.5 Å². The molecule has 0 aromatic rings. The van der Waals surface area contributed by atoms with Crippen molar-refractivity contribution in [3.63, 3.8) is 0 Å². The van der Waals surface area contributed by atoms with E-state index in [1.54, 1.807) is 6.08 Å². The zero-order chi connectivity index (χ0) is 66.9. The summed E-state index contributed by atoms with van der Waals surface area (Å²) in [5, 5.41) is 14.0. The number of rotatable bonds is 77. The first-order chi connectivity index (χ1) is 45.0. The van der Waals surface area contributed by atoms with Gasteiger partial charge in [-0.15, -0.1) is 0 Å². The van der Waals surface area contributed by atoms with Gasteiger partial charge in [-0.1, -0.05) is 396 Å². The van der Waals surface area contributed by atoms with Crippen molar-refractivity contribution in [1.82, 2.24) is 5.32 Å². The van der Waals surface area contributed by atoms with Crippen LogP contribution < -0.4 is 10.2 Å². The number of likely N-dealkylation sites (N-methyl/N-ethyl adjacent to an activating group) is 1. The SMILES string of the molecule is CCCCCCCCCC/C=C\CCCCCCCCCCCCCCCCCCCCCCCCCCCCCC(=O)NC(COP(=O)([O-])OCC[N+](C)(C)C)C(O)/C=C/CC/C=C/CC/C=C/CCCCCCCCCCCCCCCCCCCCCCC. The minimum atomic E-state index is -4.62. The standard InChI is InChI=1S/C83H161N2O6P/c1-6-8-10-12-14-16-18-20-22-24-26-28-30-32-34-36-38-39-40-41-42-43-44-45-47-49-51-53-55-57-59-61-63-65-67-69-71-73-75-77-83(87)84-81(80-91-92(88,89)90-79-78-85(3,4)5)82(86)76-74-72-70-68-66-64-62-60-58-56-54-52-50-48-46-37-35-33-31-29-27-25-23-21-19-17-15-13-11-9-7-2/h24,26,58,60,66,68,74,76,81-82,86H,6-23,25,27-57,59,61-65,67,69-73,75,77-80H2,1-5H3,(H-,84,87,88,89)/b26-24-,60-58+,68-66+,76-74+. The van der Waals surface area contributed by atoms with Crippen molar-refractivity contribution in [2.75, 3.05) is 40.9 Å². The lowest BCUT2D eigenvalue weighted by atomic mass is 10.0. The fourth-order valence-electron chi connectivity index (χ4n) is 12.7. The highest BCUT2D eigenvalue weighted by Gasteiger charge is 2.23. The fraction of sp³-hybridized carbons (Fsp3) is 0.892. The van der Waals surface area contributed by atoms with Crippen LogP contribution in [-0.2, 0) is 18.4 Å². The van der Waals surface area contributed by atoms with Gasteiger partial charge < -0.3 is 28.8 Å². The monoisotopic (exact) mass is 1310 g/mol. The Kier molecular flexibility index (Phi) is 72.5. The van der Waals surface area contributed by atoms with Crippen molar-refractivity contribution in [1.29, 1.82) is 0 Å². The van der Waals surface area contributed by atoms with Crippen LogP contribution in [0.2, 0.25) is 0 Å². The van der Waals surface area contributed by atoms with Crippen molar-refractivity contribution < 1.29 is 32.9 Å². The molecule has 92 heavy (non-hydrogen) atoms. The van der Waals surface area contributed by atoms with Crippen LogP contribution in [0, 0.1) is 0 Å². The summed E-state index contributed by atoms with van der Waals surface area (Å²) in [5.74, 6) is -0.203. The highest BCUT2D eigenvalue weighted by molar-refractivity contribution is 7.45. The van der Waals surface area contributed by atoms with E-state index in [0.717, 1.165) is 44.9 Å². The maximum absolute atomic E-state index is 13.1. The second-order valence-electron chi connectivity index (χ2n) is 29.5. The molecule has 0 rings (SSSR count). The molecule has 3 unspecified atom stereocenters. The molecule has 1 amide bonds. The van der Waals surface area contributed by atoms with Crippen molar-refractivity contribution in [3.05, 3.63) is 48.6 Å². The number of carbonyl (C=O) groups excluding carboxylic acids is 1. The molecule has 544 valence electrons. The van der Waals surface area contributed by atoms with Gasteiger partial charge in [0.2, 0.25) is 5.91 Å². The normalized spacial score (nSPS) is 13.7. The number of phosphoric ester groups is 1. The molecule has 0 spiro atoms. The van der Waals surface area contributed by atoms with Gasteiger partial charge in [-0.25, -0.2) is 0 Å². The molecule has 2 N–H and O–H groups in total. The maximum atomic E-state index is 13.1. The van der Waals surface area contributed by atoms with Gasteiger partial charge in [0, 0.05) is 6.42 Å². The predicted octanol–water partition coefficient (Wildman–Crippen LogP) is 26.3. The Labute approximate surface area is 575 Å². The first kappa shape index (κ1) is 90.5. The van der Waals surface area contributed by atoms with Gasteiger partial charge in [-0.3, -0.25) is 9.36 Å². The molecule has 0 aliphatic rings. The molecule has 0 bridgehead atoms. The molecule has 0 aromatic carbocycles. The first-order valence-corrected chi connectivity index (χ1v) is 42.5. The van der Waals surface area contributed by atoms with E-state index in [4.69, 9.17) is 9.05 Å². The highest BCUT2D eigenvalue weighted by Crippen LogP contribution is 2.38. The summed E-state index contributed by atoms with van der Waals surface area (Å²) in [5.41, 5.74) is 0. The fourth-order valence-corrected chi connectivity index (χ4v) is 13.4. The zero-order valence-electron chi connectivity index (χ0n) is 62.5. The maximum Gasteiger partial charge on any atom is 0.268 e. The third kappa shape index (κ3) is 75.8. The largest absolute Gasteiger partial charge is 0.756 e. The van der Waals surface area contributed by atoms with Crippen LogP contribution in [0.4, 0.5) is 0 Å². The van der Waals surface area contributed by atoms with Crippen LogP contribution >= 0.6 is 7.82 Å². The molecular weight excluding hydrogens is 1150 g/mol. The Balaban J connectivity index is 3.97. The number of aliphatic hydroxyl groups excluding tert-OH is 1. The minimum absolute atomic E-state index is 0.00758. The average molecular weight is 1310 g/mol. The number of carbonyl (C=O) groups is 1. The van der Waals surface area contributed by atoms with Gasteiger partial charge in [-0.05, 0) is 70.6 Å². The van der Waals surface area contributed by atoms with Crippen molar-refractivity contribution >= 4 is 13.7 Å². The van der Waals surface area contributed by atoms with Gasteiger partial charge in [0.25, 0.3) is 7.82 Å². The topological polar surface area (TPSA) is 108 Å². The summed E-state index contributed by atoms with van der Waals surface area (Å²) in [4.78, 5) is 25.7. The molecule has 3 atom stereocenters. The van der Waals surface area contributed by atoms with Crippen LogP contribution in [0.15, 0.2) is 48.6 Å². The molecule has 0 aliphatic heterocycles. The molecule has 0 aliphatic carbocycles. The molecule has 0 radical (unpaired) electrons. The zero-order valence-corrected chi connectivity index (χ0v) is 63.4. The lowest BCUT2D eigenvalue weighted by molar-refractivity contribution is -0.870. The van der Waals surface area contributed by atoms with E-state index >= 15 is 0 Å². The molecule has 0 heterocycles. The highest BCUT2D eigenvalue weighted by atomic mass is 31.2. The predicted molar refractivity (Wildman–Crippen MR) is 404 cm³/mol. The summed E-state index contributed by atoms with van der Waals surface area (Å²) in [6.45, 7) is 4.69. The summed E-state index contributed by atoms with van der Waals surface area (Å²) < 4.78 is 23.5. The summed E-state index contributed by atoms with van der Waals surface area (Å²) in [7, 11) is 1.25. The lowest BCUT2D eigenvalue weighted by Crippen LogP contribution is -2.45. The molecule has 8 nitrogen and oxygen atoms in total. The number of nitrogens with zero attached hydrogens (tertiary/aromatic N) is 1. The van der Waals surface area contributed by atoms with Gasteiger partial charge in [0.05, 0.1) is 39.9 Å². The molecule has 0 saturated heterocycles. The second-order valence-corrected chi connectivity index (χ2v) is 30.9. The third-order valence-electron chi connectivity index (χ3n) is 19.0. The number of phosphoric acid groups is 1. The molecule has 9 heteroatoms. The number of amides is 1. The Morgan fingerprint density at radius 3 is 0.880 bits per heavy atom. The van der Waals surface area contributed by atoms with Crippen LogP contribution in [0.1, 0.15) is 425 Å². The van der Waals surface area contributed by atoms with E-state index in [9.17, 15) is 19.4 Å². The van der Waals surface area contributed by atoms with Crippen LogP contribution in [0.3, 0.4) is 0 Å². The second kappa shape index (κ2) is 73.7. The van der Waals surface area contributed by atoms with Gasteiger partial charge >= 0.3 is 0 Å². The number of hydrogen-bond acceptors (Lipinski definition) is 6. The van der Waals surface area contributed by atoms with Crippen LogP contribution in [0.25, 0.3) is 0 Å². The van der Waals surface area contributed by atoms with E-state index < -0.39 is 26.6 Å². The van der Waals surface area contributed by atoms with Crippen LogP contribution in [0.5, 0.6) is 0 Å². The lowest BCUT2D eigenvalue weighted by Gasteiger charge is -2.29. The summed E-state index contributed by atoms with van der Waals surface area (Å²) in [6, 6.07) is -0.911. The quantitative estimate of drug-likeness (QED) is 0.0272. The van der Waals surface area contributed by atoms with Gasteiger partial charge in [0.15, 0.2) is 0 Å². The van der Waals surface area contributed by atoms with E-state index in [-0.39, 0.29) is 12.5 Å².